The number of aliphatic hydroxyl groups excluding tert-OH is 1. The van der Waals surface area contributed by atoms with E-state index in [-0.39, 0.29) is 11.7 Å². The molecule has 2 aromatic rings. The Balaban J connectivity index is 2.36. The van der Waals surface area contributed by atoms with E-state index in [0.717, 1.165) is 16.5 Å². The zero-order chi connectivity index (χ0) is 13.8. The fourth-order valence-corrected chi connectivity index (χ4v) is 2.68. The zero-order valence-electron chi connectivity index (χ0n) is 10.7. The molecule has 2 rings (SSSR count). The van der Waals surface area contributed by atoms with E-state index in [2.05, 4.69) is 15.9 Å². The summed E-state index contributed by atoms with van der Waals surface area (Å²) in [5.74, 6) is -0.477. The van der Waals surface area contributed by atoms with Gasteiger partial charge in [-0.25, -0.2) is 4.39 Å². The second kappa shape index (κ2) is 6.31. The van der Waals surface area contributed by atoms with Crippen LogP contribution in [0, 0.1) is 5.82 Å². The van der Waals surface area contributed by atoms with Gasteiger partial charge in [-0.2, -0.15) is 0 Å². The Morgan fingerprint density at radius 1 is 1.16 bits per heavy atom. The van der Waals surface area contributed by atoms with Crippen LogP contribution in [-0.2, 0) is 0 Å². The topological polar surface area (TPSA) is 20.2 Å². The van der Waals surface area contributed by atoms with Crippen molar-refractivity contribution in [1.82, 2.24) is 0 Å². The van der Waals surface area contributed by atoms with Gasteiger partial charge in [-0.1, -0.05) is 53.2 Å². The quantitative estimate of drug-likeness (QED) is 0.856. The molecule has 0 radical (unpaired) electrons. The first-order chi connectivity index (χ1) is 9.13. The molecule has 0 aliphatic heterocycles. The highest BCUT2D eigenvalue weighted by atomic mass is 79.9. The first-order valence-corrected chi connectivity index (χ1v) is 7.10. The van der Waals surface area contributed by atoms with Crippen molar-refractivity contribution >= 4 is 15.9 Å². The molecule has 0 aromatic heterocycles. The van der Waals surface area contributed by atoms with E-state index in [0.29, 0.717) is 5.56 Å². The van der Waals surface area contributed by atoms with Crippen molar-refractivity contribution in [2.24, 2.45) is 0 Å². The van der Waals surface area contributed by atoms with Gasteiger partial charge in [0.2, 0.25) is 0 Å². The standard InChI is InChI=1S/C16H16BrFO/c1-2-13(11-6-4-3-5-7-11)16(19)14-10-12(17)8-9-15(14)18/h3-10,13,16,19H,2H2,1H3. The van der Waals surface area contributed by atoms with Gasteiger partial charge in [0.05, 0.1) is 6.10 Å². The van der Waals surface area contributed by atoms with Gasteiger partial charge in [0, 0.05) is 16.0 Å². The Labute approximate surface area is 121 Å². The Kier molecular flexibility index (Phi) is 4.72. The minimum absolute atomic E-state index is 0.106. The summed E-state index contributed by atoms with van der Waals surface area (Å²) >= 11 is 3.31. The van der Waals surface area contributed by atoms with Crippen molar-refractivity contribution in [2.75, 3.05) is 0 Å². The normalized spacial score (nSPS) is 14.1. The third kappa shape index (κ3) is 3.23. The number of hydrogen-bond acceptors (Lipinski definition) is 1. The third-order valence-corrected chi connectivity index (χ3v) is 3.82. The van der Waals surface area contributed by atoms with E-state index >= 15 is 0 Å². The fraction of sp³-hybridized carbons (Fsp3) is 0.250. The summed E-state index contributed by atoms with van der Waals surface area (Å²) in [5.41, 5.74) is 1.36. The van der Waals surface area contributed by atoms with Crippen LogP contribution in [0.25, 0.3) is 0 Å². The summed E-state index contributed by atoms with van der Waals surface area (Å²) in [6.45, 7) is 2.00. The lowest BCUT2D eigenvalue weighted by Gasteiger charge is -2.23. The van der Waals surface area contributed by atoms with Gasteiger partial charge in [0.1, 0.15) is 5.82 Å². The molecule has 0 fully saturated rings. The molecule has 1 nitrogen and oxygen atoms in total. The molecular formula is C16H16BrFO. The highest BCUT2D eigenvalue weighted by Crippen LogP contribution is 2.35. The van der Waals surface area contributed by atoms with Crippen molar-refractivity contribution in [3.63, 3.8) is 0 Å². The van der Waals surface area contributed by atoms with E-state index in [1.165, 1.54) is 6.07 Å². The molecule has 3 heteroatoms. The summed E-state index contributed by atoms with van der Waals surface area (Å²) in [5, 5.41) is 10.5. The minimum atomic E-state index is -0.843. The van der Waals surface area contributed by atoms with E-state index in [4.69, 9.17) is 0 Å². The van der Waals surface area contributed by atoms with Gasteiger partial charge >= 0.3 is 0 Å². The predicted octanol–water partition coefficient (Wildman–Crippen LogP) is 4.82. The molecule has 0 saturated heterocycles. The van der Waals surface area contributed by atoms with Gasteiger partial charge < -0.3 is 5.11 Å². The number of halogens is 2. The molecule has 2 aromatic carbocycles. The first kappa shape index (κ1) is 14.2. The van der Waals surface area contributed by atoms with Crippen molar-refractivity contribution < 1.29 is 9.50 Å². The van der Waals surface area contributed by atoms with Gasteiger partial charge in [-0.15, -0.1) is 0 Å². The Hall–Kier alpha value is -1.19. The van der Waals surface area contributed by atoms with Crippen LogP contribution in [0.2, 0.25) is 0 Å². The molecule has 0 aliphatic carbocycles. The Morgan fingerprint density at radius 3 is 2.47 bits per heavy atom. The van der Waals surface area contributed by atoms with Crippen LogP contribution in [0.1, 0.15) is 36.5 Å². The van der Waals surface area contributed by atoms with Crippen LogP contribution < -0.4 is 0 Å². The van der Waals surface area contributed by atoms with Crippen LogP contribution in [0.4, 0.5) is 4.39 Å². The molecule has 19 heavy (non-hydrogen) atoms. The Bertz CT molecular complexity index is 542. The van der Waals surface area contributed by atoms with Crippen molar-refractivity contribution in [2.45, 2.75) is 25.4 Å². The number of rotatable bonds is 4. The van der Waals surface area contributed by atoms with E-state index in [9.17, 15) is 9.50 Å². The number of benzene rings is 2. The lowest BCUT2D eigenvalue weighted by atomic mass is 9.87. The lowest BCUT2D eigenvalue weighted by Crippen LogP contribution is -2.12. The second-order valence-corrected chi connectivity index (χ2v) is 5.45. The lowest BCUT2D eigenvalue weighted by molar-refractivity contribution is 0.138. The summed E-state index contributed by atoms with van der Waals surface area (Å²) in [6.07, 6.45) is -0.0955. The monoisotopic (exact) mass is 322 g/mol. The van der Waals surface area contributed by atoms with Gasteiger partial charge in [-0.3, -0.25) is 0 Å². The minimum Gasteiger partial charge on any atom is -0.388 e. The molecular weight excluding hydrogens is 307 g/mol. The van der Waals surface area contributed by atoms with Gasteiger partial charge in [-0.05, 0) is 30.2 Å². The van der Waals surface area contributed by atoms with Crippen LogP contribution >= 0.6 is 15.9 Å². The number of aliphatic hydroxyl groups is 1. The van der Waals surface area contributed by atoms with Crippen LogP contribution in [0.5, 0.6) is 0 Å². The summed E-state index contributed by atoms with van der Waals surface area (Å²) in [4.78, 5) is 0. The fourth-order valence-electron chi connectivity index (χ4n) is 2.30. The average molecular weight is 323 g/mol. The first-order valence-electron chi connectivity index (χ1n) is 6.31. The van der Waals surface area contributed by atoms with E-state index in [1.807, 2.05) is 37.3 Å². The van der Waals surface area contributed by atoms with Gasteiger partial charge in [0.15, 0.2) is 0 Å². The molecule has 0 aliphatic rings. The SMILES string of the molecule is CCC(c1ccccc1)C(O)c1cc(Br)ccc1F. The maximum Gasteiger partial charge on any atom is 0.129 e. The smallest absolute Gasteiger partial charge is 0.129 e. The maximum absolute atomic E-state index is 13.9. The van der Waals surface area contributed by atoms with Crippen LogP contribution in [0.3, 0.4) is 0 Å². The molecule has 0 bridgehead atoms. The molecule has 0 spiro atoms. The summed E-state index contributed by atoms with van der Waals surface area (Å²) in [7, 11) is 0. The van der Waals surface area contributed by atoms with Crippen LogP contribution in [-0.4, -0.2) is 5.11 Å². The maximum atomic E-state index is 13.9. The molecule has 100 valence electrons. The highest BCUT2D eigenvalue weighted by molar-refractivity contribution is 9.10. The highest BCUT2D eigenvalue weighted by Gasteiger charge is 2.23. The van der Waals surface area contributed by atoms with Crippen molar-refractivity contribution in [1.29, 1.82) is 0 Å². The average Bonchev–Trinajstić information content (AvgIpc) is 2.43. The zero-order valence-corrected chi connectivity index (χ0v) is 12.3. The third-order valence-electron chi connectivity index (χ3n) is 3.33. The molecule has 0 heterocycles. The van der Waals surface area contributed by atoms with Crippen molar-refractivity contribution in [3.8, 4) is 0 Å². The summed E-state index contributed by atoms with van der Waals surface area (Å²) in [6, 6.07) is 14.4. The second-order valence-electron chi connectivity index (χ2n) is 4.54. The largest absolute Gasteiger partial charge is 0.388 e. The molecule has 0 saturated carbocycles. The van der Waals surface area contributed by atoms with E-state index in [1.54, 1.807) is 12.1 Å². The summed E-state index contributed by atoms with van der Waals surface area (Å²) < 4.78 is 14.6. The van der Waals surface area contributed by atoms with Crippen LogP contribution in [0.15, 0.2) is 53.0 Å². The molecule has 1 N–H and O–H groups in total. The number of hydrogen-bond donors (Lipinski definition) is 1. The van der Waals surface area contributed by atoms with Crippen molar-refractivity contribution in [3.05, 3.63) is 69.9 Å². The van der Waals surface area contributed by atoms with E-state index < -0.39 is 6.10 Å². The molecule has 0 amide bonds. The Morgan fingerprint density at radius 2 is 1.84 bits per heavy atom. The predicted molar refractivity (Wildman–Crippen MR) is 78.5 cm³/mol. The molecule has 2 atom stereocenters. The van der Waals surface area contributed by atoms with Gasteiger partial charge in [0.25, 0.3) is 0 Å². The molecule has 2 unspecified atom stereocenters.